The number of carbonyl (C=O) groups excluding carboxylic acids is 1. The Labute approximate surface area is 183 Å². The van der Waals surface area contributed by atoms with Crippen LogP contribution < -0.4 is 19.5 Å². The fraction of sp³-hybridized carbons (Fsp3) is 0.409. The summed E-state index contributed by atoms with van der Waals surface area (Å²) in [5, 5.41) is 2.86. The lowest BCUT2D eigenvalue weighted by Gasteiger charge is -2.31. The van der Waals surface area contributed by atoms with Crippen LogP contribution in [0.15, 0.2) is 41.3 Å². The van der Waals surface area contributed by atoms with E-state index in [2.05, 4.69) is 5.32 Å². The minimum absolute atomic E-state index is 0.0948. The zero-order valence-electron chi connectivity index (χ0n) is 18.2. The van der Waals surface area contributed by atoms with E-state index >= 15 is 0 Å². The second-order valence-corrected chi connectivity index (χ2v) is 9.32. The molecule has 31 heavy (non-hydrogen) atoms. The van der Waals surface area contributed by atoms with Crippen molar-refractivity contribution in [2.75, 3.05) is 39.7 Å². The molecule has 1 saturated heterocycles. The van der Waals surface area contributed by atoms with Gasteiger partial charge in [-0.2, -0.15) is 4.31 Å². The Morgan fingerprint density at radius 1 is 1.03 bits per heavy atom. The number of benzene rings is 2. The second-order valence-electron chi connectivity index (χ2n) is 7.41. The Balaban J connectivity index is 1.81. The third-order valence-corrected chi connectivity index (χ3v) is 7.24. The molecule has 1 N–H and O–H groups in total. The molecule has 0 radical (unpaired) electrons. The molecule has 8 nitrogen and oxygen atoms in total. The van der Waals surface area contributed by atoms with Gasteiger partial charge >= 0.3 is 0 Å². The number of carbonyl (C=O) groups is 1. The van der Waals surface area contributed by atoms with Crippen LogP contribution in [-0.2, 0) is 14.8 Å². The average molecular weight is 449 g/mol. The maximum Gasteiger partial charge on any atom is 0.246 e. The van der Waals surface area contributed by atoms with Gasteiger partial charge in [0.1, 0.15) is 22.1 Å². The zero-order chi connectivity index (χ0) is 22.6. The first-order valence-corrected chi connectivity index (χ1v) is 11.4. The monoisotopic (exact) mass is 448 g/mol. The van der Waals surface area contributed by atoms with Gasteiger partial charge in [-0.25, -0.2) is 8.42 Å². The van der Waals surface area contributed by atoms with Gasteiger partial charge in [0.15, 0.2) is 0 Å². The minimum atomic E-state index is -3.81. The van der Waals surface area contributed by atoms with Crippen LogP contribution in [0, 0.1) is 12.8 Å². The van der Waals surface area contributed by atoms with Crippen molar-refractivity contribution < 1.29 is 27.4 Å². The first-order valence-electron chi connectivity index (χ1n) is 9.97. The number of rotatable bonds is 7. The third kappa shape index (κ3) is 4.94. The van der Waals surface area contributed by atoms with Crippen molar-refractivity contribution in [2.24, 2.45) is 5.92 Å². The summed E-state index contributed by atoms with van der Waals surface area (Å²) >= 11 is 0. The molecule has 1 amide bonds. The predicted octanol–water partition coefficient (Wildman–Crippen LogP) is 3.06. The van der Waals surface area contributed by atoms with Crippen molar-refractivity contribution in [3.05, 3.63) is 42.0 Å². The molecule has 1 atom stereocenters. The Morgan fingerprint density at radius 2 is 1.74 bits per heavy atom. The van der Waals surface area contributed by atoms with E-state index < -0.39 is 15.9 Å². The van der Waals surface area contributed by atoms with Crippen molar-refractivity contribution in [2.45, 2.75) is 24.7 Å². The van der Waals surface area contributed by atoms with Crippen LogP contribution in [0.3, 0.4) is 0 Å². The SMILES string of the molecule is COc1ccc(OC)c(NC(=O)[C@H]2CCCN(S(=O)(=O)c3cc(C)ccc3OC)C2)c1. The lowest BCUT2D eigenvalue weighted by Crippen LogP contribution is -2.43. The van der Waals surface area contributed by atoms with Crippen LogP contribution in [0.1, 0.15) is 18.4 Å². The Kier molecular flexibility index (Phi) is 7.07. The van der Waals surface area contributed by atoms with Crippen molar-refractivity contribution in [1.29, 1.82) is 0 Å². The van der Waals surface area contributed by atoms with E-state index in [9.17, 15) is 13.2 Å². The number of aryl methyl sites for hydroxylation is 1. The number of piperidine rings is 1. The van der Waals surface area contributed by atoms with Crippen LogP contribution in [0.4, 0.5) is 5.69 Å². The summed E-state index contributed by atoms with van der Waals surface area (Å²) in [5.41, 5.74) is 1.29. The maximum atomic E-state index is 13.3. The number of nitrogens with zero attached hydrogens (tertiary/aromatic N) is 1. The number of anilines is 1. The molecule has 0 spiro atoms. The van der Waals surface area contributed by atoms with E-state index in [1.165, 1.54) is 25.6 Å². The molecule has 0 aromatic heterocycles. The Bertz CT molecular complexity index is 1050. The summed E-state index contributed by atoms with van der Waals surface area (Å²) in [7, 11) is 0.690. The zero-order valence-corrected chi connectivity index (χ0v) is 19.0. The number of sulfonamides is 1. The second kappa shape index (κ2) is 9.57. The molecule has 0 aliphatic carbocycles. The predicted molar refractivity (Wildman–Crippen MR) is 117 cm³/mol. The minimum Gasteiger partial charge on any atom is -0.497 e. The largest absolute Gasteiger partial charge is 0.497 e. The van der Waals surface area contributed by atoms with Gasteiger partial charge in [-0.1, -0.05) is 6.07 Å². The highest BCUT2D eigenvalue weighted by Crippen LogP contribution is 2.32. The highest BCUT2D eigenvalue weighted by atomic mass is 32.2. The van der Waals surface area contributed by atoms with E-state index in [1.807, 2.05) is 6.92 Å². The summed E-state index contributed by atoms with van der Waals surface area (Å²) in [6.45, 7) is 2.27. The molecular formula is C22H28N2O6S. The van der Waals surface area contributed by atoms with E-state index in [4.69, 9.17) is 14.2 Å². The molecule has 1 aliphatic rings. The fourth-order valence-electron chi connectivity index (χ4n) is 3.65. The topological polar surface area (TPSA) is 94.2 Å². The molecule has 0 saturated carbocycles. The fourth-order valence-corrected chi connectivity index (χ4v) is 5.41. The van der Waals surface area contributed by atoms with Crippen LogP contribution >= 0.6 is 0 Å². The standard InChI is InChI=1S/C22H28N2O6S/c1-15-7-9-20(30-4)21(12-15)31(26,27)24-11-5-6-16(14-24)22(25)23-18-13-17(28-2)8-10-19(18)29-3/h7-10,12-13,16H,5-6,11,14H2,1-4H3,(H,23,25)/t16-/m0/s1. The first-order chi connectivity index (χ1) is 14.8. The van der Waals surface area contributed by atoms with Gasteiger partial charge in [0.25, 0.3) is 0 Å². The highest BCUT2D eigenvalue weighted by molar-refractivity contribution is 7.89. The van der Waals surface area contributed by atoms with Gasteiger partial charge in [0, 0.05) is 19.2 Å². The summed E-state index contributed by atoms with van der Waals surface area (Å²) in [6.07, 6.45) is 1.18. The van der Waals surface area contributed by atoms with Gasteiger partial charge < -0.3 is 19.5 Å². The van der Waals surface area contributed by atoms with Gasteiger partial charge in [0.2, 0.25) is 15.9 Å². The van der Waals surface area contributed by atoms with Crippen molar-refractivity contribution in [3.8, 4) is 17.2 Å². The number of nitrogens with one attached hydrogen (secondary N) is 1. The van der Waals surface area contributed by atoms with Gasteiger partial charge in [-0.15, -0.1) is 0 Å². The van der Waals surface area contributed by atoms with Crippen LogP contribution in [0.5, 0.6) is 17.2 Å². The van der Waals surface area contributed by atoms with E-state index in [0.29, 0.717) is 42.3 Å². The van der Waals surface area contributed by atoms with E-state index in [1.54, 1.807) is 36.4 Å². The van der Waals surface area contributed by atoms with E-state index in [-0.39, 0.29) is 17.3 Å². The van der Waals surface area contributed by atoms with Crippen molar-refractivity contribution >= 4 is 21.6 Å². The summed E-state index contributed by atoms with van der Waals surface area (Å²) in [5.74, 6) is 0.616. The summed E-state index contributed by atoms with van der Waals surface area (Å²) < 4.78 is 43.8. The number of hydrogen-bond acceptors (Lipinski definition) is 6. The van der Waals surface area contributed by atoms with E-state index in [0.717, 1.165) is 5.56 Å². The van der Waals surface area contributed by atoms with Gasteiger partial charge in [-0.05, 0) is 49.6 Å². The quantitative estimate of drug-likeness (QED) is 0.700. The lowest BCUT2D eigenvalue weighted by molar-refractivity contribution is -0.120. The summed E-state index contributed by atoms with van der Waals surface area (Å²) in [4.78, 5) is 13.1. The molecule has 168 valence electrons. The molecule has 1 fully saturated rings. The average Bonchev–Trinajstić information content (AvgIpc) is 2.79. The van der Waals surface area contributed by atoms with Crippen LogP contribution in [0.2, 0.25) is 0 Å². The molecule has 0 unspecified atom stereocenters. The summed E-state index contributed by atoms with van der Waals surface area (Å²) in [6, 6.07) is 10.1. The first kappa shape index (κ1) is 22.9. The van der Waals surface area contributed by atoms with Crippen molar-refractivity contribution in [3.63, 3.8) is 0 Å². The normalized spacial score (nSPS) is 17.1. The lowest BCUT2D eigenvalue weighted by atomic mass is 9.98. The van der Waals surface area contributed by atoms with Gasteiger partial charge in [0.05, 0.1) is 32.9 Å². The van der Waals surface area contributed by atoms with Gasteiger partial charge in [-0.3, -0.25) is 4.79 Å². The molecule has 2 aromatic rings. The molecule has 2 aromatic carbocycles. The smallest absolute Gasteiger partial charge is 0.246 e. The Hall–Kier alpha value is -2.78. The maximum absolute atomic E-state index is 13.3. The van der Waals surface area contributed by atoms with Crippen LogP contribution in [0.25, 0.3) is 0 Å². The van der Waals surface area contributed by atoms with Crippen molar-refractivity contribution in [1.82, 2.24) is 4.31 Å². The molecule has 3 rings (SSSR count). The highest BCUT2D eigenvalue weighted by Gasteiger charge is 2.35. The van der Waals surface area contributed by atoms with Crippen LogP contribution in [-0.4, -0.2) is 53.0 Å². The Morgan fingerprint density at radius 3 is 2.42 bits per heavy atom. The molecule has 1 heterocycles. The number of hydrogen-bond donors (Lipinski definition) is 1. The molecule has 9 heteroatoms. The number of amides is 1. The molecule has 1 aliphatic heterocycles. The molecule has 0 bridgehead atoms. The number of methoxy groups -OCH3 is 3. The molecular weight excluding hydrogens is 420 g/mol. The number of ether oxygens (including phenoxy) is 3. The third-order valence-electron chi connectivity index (χ3n) is 5.36.